The molecule has 6 nitrogen and oxygen atoms in total. The summed E-state index contributed by atoms with van der Waals surface area (Å²) in [5.74, 6) is 0.201. The molecule has 2 fully saturated rings. The predicted molar refractivity (Wildman–Crippen MR) is 130 cm³/mol. The number of rotatable bonds is 6. The van der Waals surface area contributed by atoms with Gasteiger partial charge in [-0.1, -0.05) is 42.5 Å². The molecule has 1 aliphatic heterocycles. The first-order valence-corrected chi connectivity index (χ1v) is 12.4. The third kappa shape index (κ3) is 5.16. The van der Waals surface area contributed by atoms with Crippen molar-refractivity contribution in [2.45, 2.75) is 41.1 Å². The van der Waals surface area contributed by atoms with Crippen molar-refractivity contribution in [3.63, 3.8) is 0 Å². The molecule has 1 saturated carbocycles. The molecule has 0 radical (unpaired) electrons. The molecule has 1 saturated heterocycles. The monoisotopic (exact) mass is 509 g/mol. The zero-order valence-corrected chi connectivity index (χ0v) is 19.9. The molecular formula is C26H22F3N5OS. The molecule has 184 valence electrons. The topological polar surface area (TPSA) is 81.9 Å². The fraction of sp³-hybridized carbons (Fsp3) is 0.308. The van der Waals surface area contributed by atoms with Crippen molar-refractivity contribution in [1.29, 1.82) is 5.26 Å². The first kappa shape index (κ1) is 24.1. The summed E-state index contributed by atoms with van der Waals surface area (Å²) in [4.78, 5) is 23.5. The van der Waals surface area contributed by atoms with Crippen molar-refractivity contribution in [2.75, 3.05) is 18.0 Å². The Labute approximate surface area is 210 Å². The number of halogens is 3. The van der Waals surface area contributed by atoms with Crippen LogP contribution < -0.4 is 10.2 Å². The van der Waals surface area contributed by atoms with E-state index in [4.69, 9.17) is 0 Å². The lowest BCUT2D eigenvalue weighted by Gasteiger charge is -2.21. The molecule has 2 aliphatic rings. The van der Waals surface area contributed by atoms with Crippen LogP contribution in [0.1, 0.15) is 46.1 Å². The van der Waals surface area contributed by atoms with Crippen LogP contribution in [0.2, 0.25) is 0 Å². The third-order valence-corrected chi connectivity index (χ3v) is 7.71. The number of anilines is 1. The SMILES string of the molecule is N#Cc1ncc(C(=O)NC2CC2c2ccccc2)c(N2CCC(Sc3ccccc3C(F)(F)F)C2)n1. The van der Waals surface area contributed by atoms with E-state index in [0.29, 0.717) is 25.3 Å². The molecule has 1 aliphatic carbocycles. The lowest BCUT2D eigenvalue weighted by atomic mass is 10.1. The van der Waals surface area contributed by atoms with Crippen molar-refractivity contribution in [3.8, 4) is 6.07 Å². The Bertz CT molecular complexity index is 1310. The maximum absolute atomic E-state index is 13.4. The van der Waals surface area contributed by atoms with Crippen molar-refractivity contribution >= 4 is 23.5 Å². The van der Waals surface area contributed by atoms with Crippen LogP contribution >= 0.6 is 11.8 Å². The van der Waals surface area contributed by atoms with Crippen molar-refractivity contribution in [2.24, 2.45) is 0 Å². The first-order valence-electron chi connectivity index (χ1n) is 11.5. The smallest absolute Gasteiger partial charge is 0.355 e. The molecule has 10 heteroatoms. The fourth-order valence-electron chi connectivity index (χ4n) is 4.50. The fourth-order valence-corrected chi connectivity index (χ4v) is 5.80. The Kier molecular flexibility index (Phi) is 6.58. The zero-order valence-electron chi connectivity index (χ0n) is 19.1. The van der Waals surface area contributed by atoms with Gasteiger partial charge in [-0.05, 0) is 30.5 Å². The van der Waals surface area contributed by atoms with Gasteiger partial charge in [0.15, 0.2) is 0 Å². The number of alkyl halides is 3. The van der Waals surface area contributed by atoms with Gasteiger partial charge in [0.2, 0.25) is 5.82 Å². The number of nitrogens with one attached hydrogen (secondary N) is 1. The summed E-state index contributed by atoms with van der Waals surface area (Å²) in [7, 11) is 0. The van der Waals surface area contributed by atoms with E-state index in [1.165, 1.54) is 30.1 Å². The summed E-state index contributed by atoms with van der Waals surface area (Å²) in [5, 5.41) is 12.2. The number of nitriles is 1. The number of aromatic nitrogens is 2. The second-order valence-corrected chi connectivity index (χ2v) is 10.2. The second kappa shape index (κ2) is 9.82. The van der Waals surface area contributed by atoms with E-state index in [0.717, 1.165) is 18.1 Å². The van der Waals surface area contributed by atoms with E-state index in [9.17, 15) is 23.2 Å². The standard InChI is InChI=1S/C26H22F3N5OS/c27-26(28,29)20-8-4-5-9-22(20)36-17-10-11-34(15-17)24-19(14-31-23(13-30)33-24)25(35)32-21-12-18(21)16-6-2-1-3-7-16/h1-9,14,17-18,21H,10-12,15H2,(H,32,35). The highest BCUT2D eigenvalue weighted by Crippen LogP contribution is 2.42. The molecule has 3 atom stereocenters. The normalized spacial score (nSPS) is 21.2. The van der Waals surface area contributed by atoms with Crippen molar-refractivity contribution in [3.05, 3.63) is 83.3 Å². The maximum atomic E-state index is 13.4. The number of thioether (sulfide) groups is 1. The van der Waals surface area contributed by atoms with Crippen LogP contribution in [-0.4, -0.2) is 40.3 Å². The second-order valence-electron chi connectivity index (χ2n) is 8.84. The molecule has 2 heterocycles. The average Bonchev–Trinajstić information content (AvgIpc) is 3.49. The Hall–Kier alpha value is -3.58. The number of nitrogens with zero attached hydrogens (tertiary/aromatic N) is 4. The van der Waals surface area contributed by atoms with Gasteiger partial charge in [0.25, 0.3) is 5.91 Å². The minimum Gasteiger partial charge on any atom is -0.355 e. The van der Waals surface area contributed by atoms with E-state index in [2.05, 4.69) is 15.3 Å². The molecule has 1 amide bonds. The van der Waals surface area contributed by atoms with Crippen molar-refractivity contribution < 1.29 is 18.0 Å². The summed E-state index contributed by atoms with van der Waals surface area (Å²) < 4.78 is 40.3. The summed E-state index contributed by atoms with van der Waals surface area (Å²) in [5.41, 5.74) is 0.770. The molecule has 3 unspecified atom stereocenters. The van der Waals surface area contributed by atoms with Gasteiger partial charge in [-0.2, -0.15) is 18.4 Å². The van der Waals surface area contributed by atoms with Crippen LogP contribution in [0.5, 0.6) is 0 Å². The number of hydrogen-bond donors (Lipinski definition) is 1. The van der Waals surface area contributed by atoms with Crippen molar-refractivity contribution in [1.82, 2.24) is 15.3 Å². The van der Waals surface area contributed by atoms with Gasteiger partial charge < -0.3 is 10.2 Å². The number of hydrogen-bond acceptors (Lipinski definition) is 6. The zero-order chi connectivity index (χ0) is 25.3. The van der Waals surface area contributed by atoms with Crippen LogP contribution in [0.3, 0.4) is 0 Å². The van der Waals surface area contributed by atoms with Gasteiger partial charge in [-0.15, -0.1) is 11.8 Å². The van der Waals surface area contributed by atoms with E-state index in [1.54, 1.807) is 6.07 Å². The first-order chi connectivity index (χ1) is 17.3. The van der Waals surface area contributed by atoms with Crippen LogP contribution in [0.25, 0.3) is 0 Å². The van der Waals surface area contributed by atoms with Gasteiger partial charge in [0.1, 0.15) is 17.5 Å². The Morgan fingerprint density at radius 2 is 1.89 bits per heavy atom. The van der Waals surface area contributed by atoms with Gasteiger partial charge in [0.05, 0.1) is 5.56 Å². The summed E-state index contributed by atoms with van der Waals surface area (Å²) in [6.45, 7) is 0.902. The lowest BCUT2D eigenvalue weighted by molar-refractivity contribution is -0.139. The highest BCUT2D eigenvalue weighted by Gasteiger charge is 2.40. The molecule has 1 N–H and O–H groups in total. The van der Waals surface area contributed by atoms with E-state index >= 15 is 0 Å². The Morgan fingerprint density at radius 1 is 1.14 bits per heavy atom. The van der Waals surface area contributed by atoms with Gasteiger partial charge in [-0.3, -0.25) is 4.79 Å². The van der Waals surface area contributed by atoms with Crippen LogP contribution in [-0.2, 0) is 6.18 Å². The highest BCUT2D eigenvalue weighted by atomic mass is 32.2. The van der Waals surface area contributed by atoms with Gasteiger partial charge in [0, 0.05) is 41.4 Å². The Morgan fingerprint density at radius 3 is 2.64 bits per heavy atom. The van der Waals surface area contributed by atoms with Gasteiger partial charge in [-0.25, -0.2) is 9.97 Å². The molecule has 0 spiro atoms. The van der Waals surface area contributed by atoms with Crippen LogP contribution in [0.4, 0.5) is 19.0 Å². The van der Waals surface area contributed by atoms with E-state index in [1.807, 2.05) is 41.3 Å². The molecular weight excluding hydrogens is 487 g/mol. The highest BCUT2D eigenvalue weighted by molar-refractivity contribution is 8.00. The number of carbonyl (C=O) groups is 1. The van der Waals surface area contributed by atoms with Crippen LogP contribution in [0.15, 0.2) is 65.7 Å². The molecule has 3 aromatic rings. The largest absolute Gasteiger partial charge is 0.417 e. The quantitative estimate of drug-likeness (QED) is 0.502. The van der Waals surface area contributed by atoms with E-state index in [-0.39, 0.29) is 39.4 Å². The average molecular weight is 510 g/mol. The minimum absolute atomic E-state index is 0.00384. The minimum atomic E-state index is -4.43. The third-order valence-electron chi connectivity index (χ3n) is 6.38. The van der Waals surface area contributed by atoms with E-state index < -0.39 is 11.7 Å². The van der Waals surface area contributed by atoms with Gasteiger partial charge >= 0.3 is 6.18 Å². The molecule has 36 heavy (non-hydrogen) atoms. The number of amides is 1. The predicted octanol–water partition coefficient (Wildman–Crippen LogP) is 5.02. The lowest BCUT2D eigenvalue weighted by Crippen LogP contribution is -2.31. The Balaban J connectivity index is 1.31. The number of benzene rings is 2. The molecule has 5 rings (SSSR count). The van der Waals surface area contributed by atoms with Crippen LogP contribution in [0, 0.1) is 11.3 Å². The molecule has 1 aromatic heterocycles. The molecule has 0 bridgehead atoms. The number of carbonyl (C=O) groups excluding carboxylic acids is 1. The summed E-state index contributed by atoms with van der Waals surface area (Å²) in [6.07, 6.45) is -1.62. The summed E-state index contributed by atoms with van der Waals surface area (Å²) in [6, 6.07) is 17.4. The summed E-state index contributed by atoms with van der Waals surface area (Å²) >= 11 is 1.18. The maximum Gasteiger partial charge on any atom is 0.417 e. The molecule has 2 aromatic carbocycles.